The van der Waals surface area contributed by atoms with E-state index in [0.29, 0.717) is 17.7 Å². The van der Waals surface area contributed by atoms with Gasteiger partial charge >= 0.3 is 5.97 Å². The Kier molecular flexibility index (Phi) is 4.10. The van der Waals surface area contributed by atoms with Crippen LogP contribution in [-0.2, 0) is 11.3 Å². The Bertz CT molecular complexity index is 608. The number of benzene rings is 2. The number of hydrogen-bond donors (Lipinski definition) is 3. The first kappa shape index (κ1) is 13.7. The number of rotatable bonds is 4. The van der Waals surface area contributed by atoms with Crippen molar-refractivity contribution in [3.05, 3.63) is 53.6 Å². The third kappa shape index (κ3) is 3.20. The van der Waals surface area contributed by atoms with Gasteiger partial charge < -0.3 is 20.3 Å². The maximum atomic E-state index is 11.3. The Morgan fingerprint density at radius 3 is 2.45 bits per heavy atom. The SMILES string of the molecule is COC(=O)c1ccc(NCc2ccc(O)cc2O)cc1. The number of methoxy groups -OCH3 is 1. The van der Waals surface area contributed by atoms with Crippen LogP contribution >= 0.6 is 0 Å². The van der Waals surface area contributed by atoms with Crippen molar-refractivity contribution >= 4 is 11.7 Å². The fourth-order valence-electron chi connectivity index (χ4n) is 1.74. The van der Waals surface area contributed by atoms with Crippen LogP contribution in [0.5, 0.6) is 11.5 Å². The first-order valence-corrected chi connectivity index (χ1v) is 6.03. The molecule has 0 bridgehead atoms. The van der Waals surface area contributed by atoms with Crippen molar-refractivity contribution in [2.24, 2.45) is 0 Å². The summed E-state index contributed by atoms with van der Waals surface area (Å²) in [5.41, 5.74) is 1.95. The second-order valence-corrected chi connectivity index (χ2v) is 4.24. The molecule has 104 valence electrons. The standard InChI is InChI=1S/C15H15NO4/c1-20-15(19)10-2-5-12(6-3-10)16-9-11-4-7-13(17)8-14(11)18/h2-8,16-18H,9H2,1H3. The molecule has 0 radical (unpaired) electrons. The molecule has 0 saturated heterocycles. The molecule has 5 heteroatoms. The highest BCUT2D eigenvalue weighted by Crippen LogP contribution is 2.23. The number of anilines is 1. The molecule has 0 aliphatic heterocycles. The van der Waals surface area contributed by atoms with Gasteiger partial charge in [0, 0.05) is 23.9 Å². The average molecular weight is 273 g/mol. The Labute approximate surface area is 116 Å². The molecule has 0 aliphatic rings. The topological polar surface area (TPSA) is 78.8 Å². The highest BCUT2D eigenvalue weighted by Gasteiger charge is 2.05. The lowest BCUT2D eigenvalue weighted by Gasteiger charge is -2.09. The molecule has 2 aromatic rings. The van der Waals surface area contributed by atoms with E-state index in [1.54, 1.807) is 30.3 Å². The van der Waals surface area contributed by atoms with Crippen LogP contribution in [0.25, 0.3) is 0 Å². The summed E-state index contributed by atoms with van der Waals surface area (Å²) in [5, 5.41) is 22.0. The van der Waals surface area contributed by atoms with Crippen LogP contribution in [0.3, 0.4) is 0 Å². The van der Waals surface area contributed by atoms with E-state index in [1.165, 1.54) is 19.2 Å². The monoisotopic (exact) mass is 273 g/mol. The highest BCUT2D eigenvalue weighted by atomic mass is 16.5. The van der Waals surface area contributed by atoms with Crippen LogP contribution in [0, 0.1) is 0 Å². The number of esters is 1. The van der Waals surface area contributed by atoms with Crippen LogP contribution in [0.15, 0.2) is 42.5 Å². The van der Waals surface area contributed by atoms with Gasteiger partial charge in [0.1, 0.15) is 11.5 Å². The molecular weight excluding hydrogens is 258 g/mol. The summed E-state index contributed by atoms with van der Waals surface area (Å²) in [6.07, 6.45) is 0. The largest absolute Gasteiger partial charge is 0.508 e. The zero-order valence-corrected chi connectivity index (χ0v) is 11.0. The van der Waals surface area contributed by atoms with Crippen molar-refractivity contribution in [2.45, 2.75) is 6.54 Å². The van der Waals surface area contributed by atoms with Gasteiger partial charge in [-0.15, -0.1) is 0 Å². The fraction of sp³-hybridized carbons (Fsp3) is 0.133. The van der Waals surface area contributed by atoms with Gasteiger partial charge in [-0.3, -0.25) is 0 Å². The molecule has 0 aliphatic carbocycles. The number of nitrogens with one attached hydrogen (secondary N) is 1. The zero-order chi connectivity index (χ0) is 14.5. The van der Waals surface area contributed by atoms with E-state index in [1.807, 2.05) is 0 Å². The van der Waals surface area contributed by atoms with Crippen molar-refractivity contribution in [2.75, 3.05) is 12.4 Å². The molecule has 0 atom stereocenters. The van der Waals surface area contributed by atoms with Gasteiger partial charge in [0.15, 0.2) is 0 Å². The fourth-order valence-corrected chi connectivity index (χ4v) is 1.74. The summed E-state index contributed by atoms with van der Waals surface area (Å²) >= 11 is 0. The molecule has 0 spiro atoms. The minimum Gasteiger partial charge on any atom is -0.508 e. The summed E-state index contributed by atoms with van der Waals surface area (Å²) in [5.74, 6) is -0.329. The Morgan fingerprint density at radius 2 is 1.85 bits per heavy atom. The molecule has 5 nitrogen and oxygen atoms in total. The van der Waals surface area contributed by atoms with E-state index in [-0.39, 0.29) is 17.5 Å². The molecule has 2 rings (SSSR count). The smallest absolute Gasteiger partial charge is 0.337 e. The summed E-state index contributed by atoms with van der Waals surface area (Å²) in [4.78, 5) is 11.3. The molecule has 0 heterocycles. The Balaban J connectivity index is 2.02. The van der Waals surface area contributed by atoms with Crippen molar-refractivity contribution in [3.63, 3.8) is 0 Å². The van der Waals surface area contributed by atoms with E-state index >= 15 is 0 Å². The molecule has 20 heavy (non-hydrogen) atoms. The third-order valence-corrected chi connectivity index (χ3v) is 2.86. The number of phenolic OH excluding ortho intramolecular Hbond substituents is 2. The predicted octanol–water partition coefficient (Wildman–Crippen LogP) is 2.50. The van der Waals surface area contributed by atoms with Gasteiger partial charge in [0.2, 0.25) is 0 Å². The van der Waals surface area contributed by atoms with Gasteiger partial charge in [-0.25, -0.2) is 4.79 Å². The van der Waals surface area contributed by atoms with E-state index in [9.17, 15) is 15.0 Å². The van der Waals surface area contributed by atoms with Crippen LogP contribution in [-0.4, -0.2) is 23.3 Å². The first-order chi connectivity index (χ1) is 9.60. The predicted molar refractivity (Wildman–Crippen MR) is 74.9 cm³/mol. The van der Waals surface area contributed by atoms with Gasteiger partial charge in [0.05, 0.1) is 12.7 Å². The number of ether oxygens (including phenoxy) is 1. The van der Waals surface area contributed by atoms with E-state index in [0.717, 1.165) is 5.69 Å². The van der Waals surface area contributed by atoms with Crippen molar-refractivity contribution in [1.82, 2.24) is 0 Å². The number of hydrogen-bond acceptors (Lipinski definition) is 5. The third-order valence-electron chi connectivity index (χ3n) is 2.86. The minimum absolute atomic E-state index is 0.0219. The van der Waals surface area contributed by atoms with E-state index < -0.39 is 0 Å². The molecule has 0 fully saturated rings. The van der Waals surface area contributed by atoms with Crippen LogP contribution < -0.4 is 5.32 Å². The van der Waals surface area contributed by atoms with Crippen molar-refractivity contribution < 1.29 is 19.7 Å². The summed E-state index contributed by atoms with van der Waals surface area (Å²) in [7, 11) is 1.34. The molecule has 0 aromatic heterocycles. The highest BCUT2D eigenvalue weighted by molar-refractivity contribution is 5.89. The Morgan fingerprint density at radius 1 is 1.15 bits per heavy atom. The lowest BCUT2D eigenvalue weighted by atomic mass is 10.1. The van der Waals surface area contributed by atoms with Crippen molar-refractivity contribution in [1.29, 1.82) is 0 Å². The van der Waals surface area contributed by atoms with Crippen LogP contribution in [0.1, 0.15) is 15.9 Å². The second kappa shape index (κ2) is 5.97. The molecule has 2 aromatic carbocycles. The molecule has 3 N–H and O–H groups in total. The second-order valence-electron chi connectivity index (χ2n) is 4.24. The van der Waals surface area contributed by atoms with Crippen LogP contribution in [0.2, 0.25) is 0 Å². The lowest BCUT2D eigenvalue weighted by Crippen LogP contribution is -2.02. The maximum absolute atomic E-state index is 11.3. The minimum atomic E-state index is -0.382. The summed E-state index contributed by atoms with van der Waals surface area (Å²) in [6, 6.07) is 11.3. The molecular formula is C15H15NO4. The maximum Gasteiger partial charge on any atom is 0.337 e. The normalized spacial score (nSPS) is 10.1. The van der Waals surface area contributed by atoms with E-state index in [4.69, 9.17) is 0 Å². The summed E-state index contributed by atoms with van der Waals surface area (Å²) in [6.45, 7) is 0.406. The van der Waals surface area contributed by atoms with E-state index in [2.05, 4.69) is 10.1 Å². The number of carbonyl (C=O) groups is 1. The number of aromatic hydroxyl groups is 2. The first-order valence-electron chi connectivity index (χ1n) is 6.03. The van der Waals surface area contributed by atoms with Gasteiger partial charge in [0.25, 0.3) is 0 Å². The molecule has 0 saturated carbocycles. The average Bonchev–Trinajstić information content (AvgIpc) is 2.46. The van der Waals surface area contributed by atoms with Crippen molar-refractivity contribution in [3.8, 4) is 11.5 Å². The lowest BCUT2D eigenvalue weighted by molar-refractivity contribution is 0.0601. The van der Waals surface area contributed by atoms with Gasteiger partial charge in [-0.1, -0.05) is 0 Å². The van der Waals surface area contributed by atoms with Crippen LogP contribution in [0.4, 0.5) is 5.69 Å². The Hall–Kier alpha value is -2.69. The number of phenols is 2. The van der Waals surface area contributed by atoms with Gasteiger partial charge in [-0.2, -0.15) is 0 Å². The number of carbonyl (C=O) groups excluding carboxylic acids is 1. The zero-order valence-electron chi connectivity index (χ0n) is 11.0. The quantitative estimate of drug-likeness (QED) is 0.746. The molecule has 0 amide bonds. The summed E-state index contributed by atoms with van der Waals surface area (Å²) < 4.78 is 4.62. The molecule has 0 unspecified atom stereocenters. The van der Waals surface area contributed by atoms with Gasteiger partial charge in [-0.05, 0) is 36.4 Å².